The van der Waals surface area contributed by atoms with E-state index in [4.69, 9.17) is 4.74 Å². The summed E-state index contributed by atoms with van der Waals surface area (Å²) in [4.78, 5) is 0. The molecule has 3 nitrogen and oxygen atoms in total. The van der Waals surface area contributed by atoms with Crippen LogP contribution in [0.3, 0.4) is 0 Å². The Bertz CT molecular complexity index is 388. The lowest BCUT2D eigenvalue weighted by Gasteiger charge is -2.25. The molecule has 1 atom stereocenters. The largest absolute Gasteiger partial charge is 0.504 e. The second-order valence-corrected chi connectivity index (χ2v) is 4.61. The SMILES string of the molecule is CC(C)Oc1cc2c(cc1O)CCN[C@@H]2C. The molecule has 0 saturated heterocycles. The normalized spacial score (nSPS) is 19.6. The average molecular weight is 221 g/mol. The molecule has 0 bridgehead atoms. The van der Waals surface area contributed by atoms with E-state index in [1.807, 2.05) is 26.0 Å². The van der Waals surface area contributed by atoms with Crippen molar-refractivity contribution in [1.29, 1.82) is 0 Å². The Hall–Kier alpha value is -1.22. The highest BCUT2D eigenvalue weighted by Gasteiger charge is 2.19. The molecule has 0 saturated carbocycles. The van der Waals surface area contributed by atoms with Gasteiger partial charge >= 0.3 is 0 Å². The molecule has 0 spiro atoms. The van der Waals surface area contributed by atoms with Gasteiger partial charge < -0.3 is 15.2 Å². The van der Waals surface area contributed by atoms with Gasteiger partial charge in [-0.05, 0) is 57.0 Å². The Morgan fingerprint density at radius 3 is 2.88 bits per heavy atom. The zero-order chi connectivity index (χ0) is 11.7. The van der Waals surface area contributed by atoms with Gasteiger partial charge in [-0.25, -0.2) is 0 Å². The van der Waals surface area contributed by atoms with Crippen molar-refractivity contribution in [3.05, 3.63) is 23.3 Å². The van der Waals surface area contributed by atoms with Crippen LogP contribution in [0.5, 0.6) is 11.5 Å². The van der Waals surface area contributed by atoms with Gasteiger partial charge in [-0.3, -0.25) is 0 Å². The quantitative estimate of drug-likeness (QED) is 0.805. The van der Waals surface area contributed by atoms with Crippen LogP contribution in [0.15, 0.2) is 12.1 Å². The van der Waals surface area contributed by atoms with Gasteiger partial charge in [0.1, 0.15) is 0 Å². The molecule has 0 unspecified atom stereocenters. The molecule has 1 aromatic rings. The van der Waals surface area contributed by atoms with Gasteiger partial charge in [0.25, 0.3) is 0 Å². The van der Waals surface area contributed by atoms with E-state index in [2.05, 4.69) is 12.2 Å². The van der Waals surface area contributed by atoms with Gasteiger partial charge in [0, 0.05) is 6.04 Å². The summed E-state index contributed by atoms with van der Waals surface area (Å²) in [5.74, 6) is 0.839. The molecule has 0 radical (unpaired) electrons. The van der Waals surface area contributed by atoms with Crippen molar-refractivity contribution < 1.29 is 9.84 Å². The molecular formula is C13H19NO2. The first kappa shape index (κ1) is 11.3. The highest BCUT2D eigenvalue weighted by atomic mass is 16.5. The maximum absolute atomic E-state index is 9.86. The molecule has 2 rings (SSSR count). The minimum absolute atomic E-state index is 0.0794. The van der Waals surface area contributed by atoms with Gasteiger partial charge in [-0.1, -0.05) is 0 Å². The highest BCUT2D eigenvalue weighted by Crippen LogP contribution is 2.34. The summed E-state index contributed by atoms with van der Waals surface area (Å²) in [5.41, 5.74) is 2.46. The summed E-state index contributed by atoms with van der Waals surface area (Å²) in [5, 5.41) is 13.3. The summed E-state index contributed by atoms with van der Waals surface area (Å²) in [6.07, 6.45) is 1.05. The van der Waals surface area contributed by atoms with Gasteiger partial charge in [0.05, 0.1) is 6.10 Å². The van der Waals surface area contributed by atoms with Crippen molar-refractivity contribution in [2.45, 2.75) is 39.3 Å². The molecule has 0 fully saturated rings. The van der Waals surface area contributed by atoms with Crippen LogP contribution in [-0.2, 0) is 6.42 Å². The number of ether oxygens (including phenoxy) is 1. The van der Waals surface area contributed by atoms with Crippen LogP contribution >= 0.6 is 0 Å². The Morgan fingerprint density at radius 1 is 1.44 bits per heavy atom. The third kappa shape index (κ3) is 2.14. The van der Waals surface area contributed by atoms with Crippen molar-refractivity contribution in [3.63, 3.8) is 0 Å². The predicted molar refractivity (Wildman–Crippen MR) is 64.0 cm³/mol. The van der Waals surface area contributed by atoms with Crippen LogP contribution < -0.4 is 10.1 Å². The zero-order valence-electron chi connectivity index (χ0n) is 10.1. The van der Waals surface area contributed by atoms with Gasteiger partial charge in [0.2, 0.25) is 0 Å². The summed E-state index contributed by atoms with van der Waals surface area (Å²) in [6, 6.07) is 4.13. The number of hydrogen-bond donors (Lipinski definition) is 2. The number of benzene rings is 1. The maximum Gasteiger partial charge on any atom is 0.161 e. The van der Waals surface area contributed by atoms with Crippen molar-refractivity contribution in [2.75, 3.05) is 6.54 Å². The number of hydrogen-bond acceptors (Lipinski definition) is 3. The minimum atomic E-state index is 0.0794. The number of fused-ring (bicyclic) bond motifs is 1. The fourth-order valence-corrected chi connectivity index (χ4v) is 2.13. The summed E-state index contributed by atoms with van der Waals surface area (Å²) in [7, 11) is 0. The summed E-state index contributed by atoms with van der Waals surface area (Å²) < 4.78 is 5.58. The van der Waals surface area contributed by atoms with Gasteiger partial charge in [-0.2, -0.15) is 0 Å². The van der Waals surface area contributed by atoms with Crippen LogP contribution in [-0.4, -0.2) is 17.8 Å². The van der Waals surface area contributed by atoms with Crippen molar-refractivity contribution in [2.24, 2.45) is 0 Å². The van der Waals surface area contributed by atoms with E-state index < -0.39 is 0 Å². The van der Waals surface area contributed by atoms with Gasteiger partial charge in [0.15, 0.2) is 11.5 Å². The van der Waals surface area contributed by atoms with Crippen molar-refractivity contribution in [3.8, 4) is 11.5 Å². The molecule has 0 amide bonds. The summed E-state index contributed by atoms with van der Waals surface area (Å²) in [6.45, 7) is 7.02. The fourth-order valence-electron chi connectivity index (χ4n) is 2.13. The number of nitrogens with one attached hydrogen (secondary N) is 1. The molecule has 0 aromatic heterocycles. The Labute approximate surface area is 96.4 Å². The van der Waals surface area contributed by atoms with E-state index in [0.29, 0.717) is 11.8 Å². The Morgan fingerprint density at radius 2 is 2.19 bits per heavy atom. The lowest BCUT2D eigenvalue weighted by molar-refractivity contribution is 0.231. The molecule has 3 heteroatoms. The number of phenolic OH excluding ortho intramolecular Hbond substituents is 1. The first-order valence-corrected chi connectivity index (χ1v) is 5.83. The molecule has 1 aromatic carbocycles. The smallest absolute Gasteiger partial charge is 0.161 e. The number of phenols is 1. The zero-order valence-corrected chi connectivity index (χ0v) is 10.1. The molecule has 1 aliphatic rings. The van der Waals surface area contributed by atoms with Crippen molar-refractivity contribution in [1.82, 2.24) is 5.32 Å². The molecule has 16 heavy (non-hydrogen) atoms. The van der Waals surface area contributed by atoms with Crippen LogP contribution in [0.4, 0.5) is 0 Å². The maximum atomic E-state index is 9.86. The standard InChI is InChI=1S/C13H19NO2/c1-8(2)16-13-7-11-9(3)14-5-4-10(11)6-12(13)15/h6-9,14-15H,4-5H2,1-3H3/t9-/m1/s1. The van der Waals surface area contributed by atoms with E-state index in [9.17, 15) is 5.11 Å². The third-order valence-electron chi connectivity index (χ3n) is 2.89. The number of rotatable bonds is 2. The molecular weight excluding hydrogens is 202 g/mol. The summed E-state index contributed by atoms with van der Waals surface area (Å²) >= 11 is 0. The topological polar surface area (TPSA) is 41.5 Å². The second kappa shape index (κ2) is 4.34. The van der Waals surface area contributed by atoms with Crippen LogP contribution in [0.2, 0.25) is 0 Å². The van der Waals surface area contributed by atoms with E-state index in [0.717, 1.165) is 13.0 Å². The molecule has 1 heterocycles. The van der Waals surface area contributed by atoms with Crippen LogP contribution in [0, 0.1) is 0 Å². The van der Waals surface area contributed by atoms with Crippen LogP contribution in [0.1, 0.15) is 37.9 Å². The lowest BCUT2D eigenvalue weighted by Crippen LogP contribution is -2.27. The highest BCUT2D eigenvalue weighted by molar-refractivity contribution is 5.48. The van der Waals surface area contributed by atoms with E-state index in [-0.39, 0.29) is 11.9 Å². The Balaban J connectivity index is 2.38. The molecule has 2 N–H and O–H groups in total. The first-order chi connectivity index (χ1) is 7.58. The van der Waals surface area contributed by atoms with E-state index in [1.54, 1.807) is 0 Å². The van der Waals surface area contributed by atoms with Gasteiger partial charge in [-0.15, -0.1) is 0 Å². The third-order valence-corrected chi connectivity index (χ3v) is 2.89. The molecule has 88 valence electrons. The predicted octanol–water partition coefficient (Wildman–Crippen LogP) is 2.39. The molecule has 0 aliphatic carbocycles. The van der Waals surface area contributed by atoms with Crippen LogP contribution in [0.25, 0.3) is 0 Å². The monoisotopic (exact) mass is 221 g/mol. The molecule has 1 aliphatic heterocycles. The average Bonchev–Trinajstić information content (AvgIpc) is 2.20. The Kier molecular flexibility index (Phi) is 3.06. The first-order valence-electron chi connectivity index (χ1n) is 5.83. The van der Waals surface area contributed by atoms with E-state index >= 15 is 0 Å². The number of aromatic hydroxyl groups is 1. The fraction of sp³-hybridized carbons (Fsp3) is 0.538. The minimum Gasteiger partial charge on any atom is -0.504 e. The second-order valence-electron chi connectivity index (χ2n) is 4.61. The van der Waals surface area contributed by atoms with Crippen molar-refractivity contribution >= 4 is 0 Å². The van der Waals surface area contributed by atoms with E-state index in [1.165, 1.54) is 11.1 Å². The lowest BCUT2D eigenvalue weighted by atomic mass is 9.94.